The number of methoxy groups -OCH3 is 1. The zero-order chi connectivity index (χ0) is 24.7. The summed E-state index contributed by atoms with van der Waals surface area (Å²) in [4.78, 5) is 19.3. The molecule has 34 heavy (non-hydrogen) atoms. The molecule has 0 radical (unpaired) electrons. The molecule has 2 heterocycles. The predicted molar refractivity (Wildman–Crippen MR) is 115 cm³/mol. The van der Waals surface area contributed by atoms with E-state index < -0.39 is 29.7 Å². The van der Waals surface area contributed by atoms with E-state index in [1.807, 2.05) is 12.1 Å². The van der Waals surface area contributed by atoms with Crippen molar-refractivity contribution in [1.29, 1.82) is 0 Å². The minimum atomic E-state index is -4.83. The summed E-state index contributed by atoms with van der Waals surface area (Å²) < 4.78 is 68.9. The molecule has 1 aromatic heterocycles. The highest BCUT2D eigenvalue weighted by atomic mass is 32.1. The van der Waals surface area contributed by atoms with Gasteiger partial charge < -0.3 is 19.1 Å². The summed E-state index contributed by atoms with van der Waals surface area (Å²) in [6.45, 7) is 2.07. The first-order chi connectivity index (χ1) is 16.0. The number of hydrogen-bond donors (Lipinski definition) is 0. The highest BCUT2D eigenvalue weighted by molar-refractivity contribution is 7.09. The monoisotopic (exact) mass is 497 g/mol. The molecule has 0 spiro atoms. The highest BCUT2D eigenvalue weighted by Crippen LogP contribution is 2.47. The van der Waals surface area contributed by atoms with Crippen LogP contribution < -0.4 is 19.0 Å². The molecule has 1 aliphatic heterocycles. The molecule has 0 unspecified atom stereocenters. The number of aryl methyl sites for hydroxylation is 1. The Morgan fingerprint density at radius 2 is 1.74 bits per heavy atom. The number of thiazole rings is 1. The van der Waals surface area contributed by atoms with Gasteiger partial charge in [0.2, 0.25) is 0 Å². The van der Waals surface area contributed by atoms with Crippen molar-refractivity contribution in [3.05, 3.63) is 63.9 Å². The van der Waals surface area contributed by atoms with E-state index in [0.29, 0.717) is 12.3 Å². The molecule has 0 atom stereocenters. The number of carbonyl (C=O) groups excluding carboxylic acids is 1. The number of benzene rings is 2. The Bertz CT molecular complexity index is 1290. The van der Waals surface area contributed by atoms with Gasteiger partial charge >= 0.3 is 18.2 Å². The van der Waals surface area contributed by atoms with Crippen molar-refractivity contribution in [2.75, 3.05) is 14.2 Å². The first kappa shape index (κ1) is 23.6. The van der Waals surface area contributed by atoms with E-state index in [0.717, 1.165) is 22.6 Å². The first-order valence-electron chi connectivity index (χ1n) is 9.89. The molecular weight excluding hydrogens is 478 g/mol. The fourth-order valence-corrected chi connectivity index (χ4v) is 3.99. The van der Waals surface area contributed by atoms with Gasteiger partial charge in [-0.25, -0.2) is 4.79 Å². The van der Waals surface area contributed by atoms with Crippen molar-refractivity contribution in [3.63, 3.8) is 0 Å². The minimum Gasteiger partial charge on any atom is -0.497 e. The summed E-state index contributed by atoms with van der Waals surface area (Å²) in [5.41, 5.74) is 1.14. The second kappa shape index (κ2) is 8.67. The van der Waals surface area contributed by atoms with Crippen LogP contribution in [0.3, 0.4) is 0 Å². The predicted octanol–water partition coefficient (Wildman–Crippen LogP) is 4.97. The average Bonchev–Trinajstić information content (AvgIpc) is 3.14. The van der Waals surface area contributed by atoms with Crippen molar-refractivity contribution in [2.24, 2.45) is 4.99 Å². The van der Waals surface area contributed by atoms with E-state index in [4.69, 9.17) is 4.74 Å². The maximum atomic E-state index is 13.6. The number of urea groups is 1. The Kier molecular flexibility index (Phi) is 6.02. The van der Waals surface area contributed by atoms with E-state index in [9.17, 15) is 22.4 Å². The second-order valence-electron chi connectivity index (χ2n) is 7.46. The summed E-state index contributed by atoms with van der Waals surface area (Å²) in [6, 6.07) is 10.3. The van der Waals surface area contributed by atoms with Crippen molar-refractivity contribution in [3.8, 4) is 22.9 Å². The SMILES string of the molecule is COc1ccc(CN(C)C(=O)N=c2sc(C)cn2-c2ccc3c(c2)OC(F)(F)C(F)(F)O3)cc1. The molecule has 0 saturated carbocycles. The van der Waals surface area contributed by atoms with Gasteiger partial charge in [-0.3, -0.25) is 4.57 Å². The van der Waals surface area contributed by atoms with E-state index in [2.05, 4.69) is 14.5 Å². The molecule has 2 amide bonds. The van der Waals surface area contributed by atoms with Crippen LogP contribution in [0.15, 0.2) is 53.7 Å². The molecule has 180 valence electrons. The maximum Gasteiger partial charge on any atom is 0.507 e. The Hall–Kier alpha value is -3.54. The number of alkyl halides is 4. The Morgan fingerprint density at radius 3 is 2.38 bits per heavy atom. The van der Waals surface area contributed by atoms with Crippen molar-refractivity contribution < 1.29 is 36.6 Å². The lowest BCUT2D eigenvalue weighted by atomic mass is 10.2. The lowest BCUT2D eigenvalue weighted by Crippen LogP contribution is -2.52. The van der Waals surface area contributed by atoms with Gasteiger partial charge in [-0.05, 0) is 36.8 Å². The van der Waals surface area contributed by atoms with Crippen molar-refractivity contribution in [1.82, 2.24) is 9.47 Å². The normalized spacial score (nSPS) is 16.3. The minimum absolute atomic E-state index is 0.262. The second-order valence-corrected chi connectivity index (χ2v) is 8.67. The number of fused-ring (bicyclic) bond motifs is 1. The van der Waals surface area contributed by atoms with Gasteiger partial charge in [0.15, 0.2) is 16.3 Å². The summed E-state index contributed by atoms with van der Waals surface area (Å²) in [5, 5.41) is 0. The number of rotatable bonds is 4. The summed E-state index contributed by atoms with van der Waals surface area (Å²) in [7, 11) is 3.15. The topological polar surface area (TPSA) is 65.3 Å². The third-order valence-corrected chi connectivity index (χ3v) is 5.78. The quantitative estimate of drug-likeness (QED) is 0.478. The van der Waals surface area contributed by atoms with Gasteiger partial charge in [0.25, 0.3) is 0 Å². The molecule has 0 aliphatic carbocycles. The van der Waals surface area contributed by atoms with Crippen LogP contribution in [0.5, 0.6) is 17.2 Å². The zero-order valence-electron chi connectivity index (χ0n) is 18.2. The summed E-state index contributed by atoms with van der Waals surface area (Å²) >= 11 is 1.20. The first-order valence-corrected chi connectivity index (χ1v) is 10.7. The number of hydrogen-bond acceptors (Lipinski definition) is 5. The molecular formula is C22H19F4N3O4S. The van der Waals surface area contributed by atoms with E-state index in [1.54, 1.807) is 39.4 Å². The molecule has 0 saturated heterocycles. The van der Waals surface area contributed by atoms with Crippen LogP contribution in [0.2, 0.25) is 0 Å². The van der Waals surface area contributed by atoms with Crippen molar-refractivity contribution >= 4 is 17.4 Å². The fraction of sp³-hybridized carbons (Fsp3) is 0.273. The number of nitrogens with zero attached hydrogens (tertiary/aromatic N) is 3. The largest absolute Gasteiger partial charge is 0.507 e. The Morgan fingerprint density at radius 1 is 1.09 bits per heavy atom. The third-order valence-electron chi connectivity index (χ3n) is 4.89. The molecule has 7 nitrogen and oxygen atoms in total. The number of halogens is 4. The number of carbonyl (C=O) groups is 1. The van der Waals surface area contributed by atoms with Gasteiger partial charge in [-0.2, -0.15) is 22.6 Å². The molecule has 3 aromatic rings. The Labute approximate surface area is 195 Å². The van der Waals surface area contributed by atoms with Crippen molar-refractivity contribution in [2.45, 2.75) is 25.7 Å². The van der Waals surface area contributed by atoms with Gasteiger partial charge in [0.05, 0.1) is 12.8 Å². The lowest BCUT2D eigenvalue weighted by molar-refractivity contribution is -0.391. The molecule has 2 aromatic carbocycles. The van der Waals surface area contributed by atoms with Crippen LogP contribution >= 0.6 is 11.3 Å². The van der Waals surface area contributed by atoms with Gasteiger partial charge in [-0.1, -0.05) is 12.1 Å². The van der Waals surface area contributed by atoms with Gasteiger partial charge in [-0.15, -0.1) is 11.3 Å². The summed E-state index contributed by atoms with van der Waals surface area (Å²) in [6.07, 6.45) is -7.99. The van der Waals surface area contributed by atoms with E-state index >= 15 is 0 Å². The molecule has 0 N–H and O–H groups in total. The third kappa shape index (κ3) is 4.58. The van der Waals surface area contributed by atoms with Crippen LogP contribution in [0.1, 0.15) is 10.4 Å². The maximum absolute atomic E-state index is 13.6. The standard InChI is InChI=1S/C22H19F4N3O4S/c1-13-11-29(15-6-9-17-18(10-15)33-22(25,26)21(23,24)32-17)20(34-13)27-19(30)28(2)12-14-4-7-16(31-3)8-5-14/h4-11H,12H2,1-3H3. The van der Waals surface area contributed by atoms with Crippen LogP contribution in [0, 0.1) is 6.92 Å². The van der Waals surface area contributed by atoms with Crippen LogP contribution in [-0.4, -0.2) is 41.9 Å². The van der Waals surface area contributed by atoms with E-state index in [-0.39, 0.29) is 10.5 Å². The Balaban J connectivity index is 1.61. The molecule has 4 rings (SSSR count). The smallest absolute Gasteiger partial charge is 0.497 e. The van der Waals surface area contributed by atoms with Crippen LogP contribution in [-0.2, 0) is 6.54 Å². The van der Waals surface area contributed by atoms with Gasteiger partial charge in [0.1, 0.15) is 5.75 Å². The van der Waals surface area contributed by atoms with Crippen LogP contribution in [0.25, 0.3) is 5.69 Å². The van der Waals surface area contributed by atoms with E-state index in [1.165, 1.54) is 26.9 Å². The number of ether oxygens (including phenoxy) is 3. The van der Waals surface area contributed by atoms with Crippen LogP contribution in [0.4, 0.5) is 22.4 Å². The summed E-state index contributed by atoms with van der Waals surface area (Å²) in [5.74, 6) is -0.391. The fourth-order valence-electron chi connectivity index (χ4n) is 3.16. The molecule has 1 aliphatic rings. The molecule has 0 bridgehead atoms. The molecule has 0 fully saturated rings. The zero-order valence-corrected chi connectivity index (χ0v) is 19.0. The lowest BCUT2D eigenvalue weighted by Gasteiger charge is -2.31. The molecule has 12 heteroatoms. The van der Waals surface area contributed by atoms with Gasteiger partial charge in [0, 0.05) is 30.7 Å². The number of aromatic nitrogens is 1. The number of amides is 2. The highest BCUT2D eigenvalue weighted by Gasteiger charge is 2.65. The average molecular weight is 497 g/mol.